The summed E-state index contributed by atoms with van der Waals surface area (Å²) in [6, 6.07) is 12.5. The fourth-order valence-corrected chi connectivity index (χ4v) is 3.05. The minimum absolute atomic E-state index is 0.0382. The summed E-state index contributed by atoms with van der Waals surface area (Å²) in [4.78, 5) is 35.9. The number of ether oxygens (including phenoxy) is 2. The first-order valence-electron chi connectivity index (χ1n) is 9.52. The number of benzene rings is 2. The van der Waals surface area contributed by atoms with Gasteiger partial charge in [0.15, 0.2) is 19.0 Å². The Balaban J connectivity index is 1.50. The largest absolute Gasteiger partial charge is 0.482 e. The summed E-state index contributed by atoms with van der Waals surface area (Å²) >= 11 is 0. The van der Waals surface area contributed by atoms with E-state index in [9.17, 15) is 14.4 Å². The Kier molecular flexibility index (Phi) is 5.73. The predicted molar refractivity (Wildman–Crippen MR) is 109 cm³/mol. The van der Waals surface area contributed by atoms with E-state index >= 15 is 0 Å². The highest BCUT2D eigenvalue weighted by Gasteiger charge is 2.27. The van der Waals surface area contributed by atoms with Crippen LogP contribution >= 0.6 is 0 Å². The molecule has 2 aromatic carbocycles. The van der Waals surface area contributed by atoms with Crippen LogP contribution in [0.2, 0.25) is 0 Å². The molecule has 1 aliphatic rings. The first-order chi connectivity index (χ1) is 13.6. The van der Waals surface area contributed by atoms with Crippen LogP contribution in [0.15, 0.2) is 42.5 Å². The second kappa shape index (κ2) is 8.07. The Morgan fingerprint density at radius 1 is 1.03 bits per heavy atom. The zero-order valence-electron chi connectivity index (χ0n) is 17.1. The average molecular weight is 395 g/mol. The van der Waals surface area contributed by atoms with Crippen molar-refractivity contribution in [3.8, 4) is 5.75 Å². The Bertz CT molecular complexity index is 941. The number of ketones is 1. The van der Waals surface area contributed by atoms with Gasteiger partial charge in [-0.15, -0.1) is 0 Å². The van der Waals surface area contributed by atoms with Crippen LogP contribution in [0.1, 0.15) is 55.1 Å². The molecular weight excluding hydrogens is 370 g/mol. The second-order valence-corrected chi connectivity index (χ2v) is 8.16. The fraction of sp³-hybridized carbons (Fsp3) is 0.348. The van der Waals surface area contributed by atoms with Gasteiger partial charge in [-0.2, -0.15) is 0 Å². The molecule has 0 bridgehead atoms. The third-order valence-electron chi connectivity index (χ3n) is 4.93. The van der Waals surface area contributed by atoms with Gasteiger partial charge in [0, 0.05) is 11.3 Å². The Hall–Kier alpha value is -3.15. The molecule has 1 N–H and O–H groups in total. The Morgan fingerprint density at radius 3 is 2.38 bits per heavy atom. The standard InChI is InChI=1S/C23H25NO5/c1-14-18-11-15(5-10-19(18)24-22(14)27)20(25)12-29-21(26)13-28-17-8-6-16(7-9-17)23(2,3)4/h5-11,14H,12-13H2,1-4H3,(H,24,27)/t14-/m0/s1. The SMILES string of the molecule is C[C@@H]1C(=O)Nc2ccc(C(=O)COC(=O)COc3ccc(C(C)(C)C)cc3)cc21. The number of hydrogen-bond donors (Lipinski definition) is 1. The zero-order chi connectivity index (χ0) is 21.2. The van der Waals surface area contributed by atoms with Crippen molar-refractivity contribution in [1.29, 1.82) is 0 Å². The highest BCUT2D eigenvalue weighted by Crippen LogP contribution is 2.32. The van der Waals surface area contributed by atoms with Crippen LogP contribution in [-0.2, 0) is 19.7 Å². The summed E-state index contributed by atoms with van der Waals surface area (Å²) in [5.41, 5.74) is 3.09. The van der Waals surface area contributed by atoms with Gasteiger partial charge in [-0.05, 0) is 53.8 Å². The number of amides is 1. The van der Waals surface area contributed by atoms with Gasteiger partial charge in [0.2, 0.25) is 5.91 Å². The lowest BCUT2D eigenvalue weighted by Crippen LogP contribution is -2.19. The van der Waals surface area contributed by atoms with Gasteiger partial charge in [-0.3, -0.25) is 9.59 Å². The van der Waals surface area contributed by atoms with E-state index in [1.54, 1.807) is 37.3 Å². The van der Waals surface area contributed by atoms with Crippen LogP contribution < -0.4 is 10.1 Å². The third-order valence-corrected chi connectivity index (χ3v) is 4.93. The number of carbonyl (C=O) groups excluding carboxylic acids is 3. The minimum Gasteiger partial charge on any atom is -0.482 e. The first-order valence-corrected chi connectivity index (χ1v) is 9.52. The van der Waals surface area contributed by atoms with E-state index in [0.29, 0.717) is 17.0 Å². The first kappa shape index (κ1) is 20.6. The van der Waals surface area contributed by atoms with E-state index in [4.69, 9.17) is 9.47 Å². The maximum absolute atomic E-state index is 12.3. The van der Waals surface area contributed by atoms with Crippen molar-refractivity contribution in [3.05, 3.63) is 59.2 Å². The smallest absolute Gasteiger partial charge is 0.344 e. The van der Waals surface area contributed by atoms with Crippen LogP contribution in [0, 0.1) is 0 Å². The minimum atomic E-state index is -0.621. The van der Waals surface area contributed by atoms with E-state index in [0.717, 1.165) is 5.56 Å². The quantitative estimate of drug-likeness (QED) is 0.594. The number of carbonyl (C=O) groups is 3. The molecule has 0 saturated heterocycles. The number of nitrogens with one attached hydrogen (secondary N) is 1. The molecule has 0 fully saturated rings. The molecule has 3 rings (SSSR count). The maximum atomic E-state index is 12.3. The molecule has 6 nitrogen and oxygen atoms in total. The molecule has 1 amide bonds. The number of anilines is 1. The van der Waals surface area contributed by atoms with Crippen LogP contribution in [0.5, 0.6) is 5.75 Å². The summed E-state index contributed by atoms with van der Waals surface area (Å²) in [6.45, 7) is 7.48. The fourth-order valence-electron chi connectivity index (χ4n) is 3.05. The highest BCUT2D eigenvalue weighted by molar-refractivity contribution is 6.05. The molecule has 1 aliphatic heterocycles. The van der Waals surface area contributed by atoms with Crippen molar-refractivity contribution in [1.82, 2.24) is 0 Å². The highest BCUT2D eigenvalue weighted by atomic mass is 16.6. The Morgan fingerprint density at radius 2 is 1.72 bits per heavy atom. The number of fused-ring (bicyclic) bond motifs is 1. The van der Waals surface area contributed by atoms with Gasteiger partial charge >= 0.3 is 5.97 Å². The summed E-state index contributed by atoms with van der Waals surface area (Å²) in [5, 5.41) is 2.76. The number of hydrogen-bond acceptors (Lipinski definition) is 5. The van der Waals surface area contributed by atoms with Crippen molar-refractivity contribution in [2.45, 2.75) is 39.0 Å². The molecule has 1 heterocycles. The number of rotatable bonds is 6. The molecule has 2 aromatic rings. The van der Waals surface area contributed by atoms with Gasteiger partial charge < -0.3 is 14.8 Å². The van der Waals surface area contributed by atoms with Crippen molar-refractivity contribution in [2.24, 2.45) is 0 Å². The van der Waals surface area contributed by atoms with Gasteiger partial charge in [-0.25, -0.2) is 4.79 Å². The second-order valence-electron chi connectivity index (χ2n) is 8.16. The summed E-state index contributed by atoms with van der Waals surface area (Å²) in [6.07, 6.45) is 0. The lowest BCUT2D eigenvalue weighted by atomic mass is 9.87. The summed E-state index contributed by atoms with van der Waals surface area (Å²) < 4.78 is 10.5. The molecule has 152 valence electrons. The van der Waals surface area contributed by atoms with Crippen molar-refractivity contribution < 1.29 is 23.9 Å². The third kappa shape index (κ3) is 4.83. The van der Waals surface area contributed by atoms with Crippen LogP contribution in [0.4, 0.5) is 5.69 Å². The molecule has 6 heteroatoms. The Labute approximate surface area is 170 Å². The maximum Gasteiger partial charge on any atom is 0.344 e. The molecular formula is C23H25NO5. The van der Waals surface area contributed by atoms with E-state index in [1.807, 2.05) is 12.1 Å². The monoisotopic (exact) mass is 395 g/mol. The lowest BCUT2D eigenvalue weighted by Gasteiger charge is -2.19. The van der Waals surface area contributed by atoms with Crippen LogP contribution in [0.3, 0.4) is 0 Å². The van der Waals surface area contributed by atoms with Crippen molar-refractivity contribution in [3.63, 3.8) is 0 Å². The number of esters is 1. The molecule has 0 radical (unpaired) electrons. The van der Waals surface area contributed by atoms with E-state index in [-0.39, 0.29) is 36.2 Å². The van der Waals surface area contributed by atoms with E-state index < -0.39 is 5.97 Å². The molecule has 0 aliphatic carbocycles. The van der Waals surface area contributed by atoms with Crippen LogP contribution in [0.25, 0.3) is 0 Å². The molecule has 1 atom stereocenters. The van der Waals surface area contributed by atoms with Gasteiger partial charge in [0.05, 0.1) is 5.92 Å². The zero-order valence-corrected chi connectivity index (χ0v) is 17.1. The molecule has 0 unspecified atom stereocenters. The summed E-state index contributed by atoms with van der Waals surface area (Å²) in [7, 11) is 0. The normalized spacial score (nSPS) is 15.4. The average Bonchev–Trinajstić information content (AvgIpc) is 2.97. The van der Waals surface area contributed by atoms with Crippen molar-refractivity contribution in [2.75, 3.05) is 18.5 Å². The molecule has 0 saturated carbocycles. The summed E-state index contributed by atoms with van der Waals surface area (Å²) in [5.74, 6) is -0.792. The predicted octanol–water partition coefficient (Wildman–Crippen LogP) is 3.84. The molecule has 29 heavy (non-hydrogen) atoms. The van der Waals surface area contributed by atoms with Gasteiger partial charge in [-0.1, -0.05) is 32.9 Å². The van der Waals surface area contributed by atoms with Gasteiger partial charge in [0.25, 0.3) is 0 Å². The van der Waals surface area contributed by atoms with Crippen molar-refractivity contribution >= 4 is 23.3 Å². The molecule has 0 spiro atoms. The van der Waals surface area contributed by atoms with E-state index in [1.165, 1.54) is 5.56 Å². The number of Topliss-reactive ketones (excluding diaryl/α,β-unsaturated/α-hetero) is 1. The lowest BCUT2D eigenvalue weighted by molar-refractivity contribution is -0.144. The van der Waals surface area contributed by atoms with Gasteiger partial charge in [0.1, 0.15) is 5.75 Å². The topological polar surface area (TPSA) is 81.7 Å². The van der Waals surface area contributed by atoms with Crippen LogP contribution in [-0.4, -0.2) is 30.9 Å². The van der Waals surface area contributed by atoms with E-state index in [2.05, 4.69) is 26.1 Å². The molecule has 0 aromatic heterocycles.